The highest BCUT2D eigenvalue weighted by molar-refractivity contribution is 6.04. The molecular formula is C37H37F3N6O4. The standard InChI is InChI=1S/C37H37F3N6O4/c1-23-4-5-24(22-45-16-18-46(19-17-45)35(48)27-6-7-27)21-31(23)42-33(47)26-8-12-28(13-9-26)41-36-43-32(30-3-2-20-49-34(30)44-36)25-10-14-29(15-11-25)50-37(38,39)40/h4-5,8-15,21,27H,2-3,6-7,16-20,22H2,1H3,(H,42,47)(H,41,43,44). The van der Waals surface area contributed by atoms with Crippen molar-refractivity contribution in [1.82, 2.24) is 19.8 Å². The van der Waals surface area contributed by atoms with Gasteiger partial charge in [-0.1, -0.05) is 12.1 Å². The van der Waals surface area contributed by atoms with Crippen LogP contribution in [-0.2, 0) is 17.8 Å². The van der Waals surface area contributed by atoms with Crippen LogP contribution in [0.3, 0.4) is 0 Å². The minimum Gasteiger partial charge on any atom is -0.477 e. The molecule has 3 aromatic carbocycles. The number of carbonyl (C=O) groups is 2. The van der Waals surface area contributed by atoms with Crippen molar-refractivity contribution in [2.75, 3.05) is 43.4 Å². The van der Waals surface area contributed by atoms with Gasteiger partial charge in [0.05, 0.1) is 12.3 Å². The van der Waals surface area contributed by atoms with E-state index < -0.39 is 6.36 Å². The molecule has 1 aromatic heterocycles. The van der Waals surface area contributed by atoms with Crippen molar-refractivity contribution in [3.05, 3.63) is 89.0 Å². The summed E-state index contributed by atoms with van der Waals surface area (Å²) in [6, 6.07) is 18.5. The molecule has 10 nitrogen and oxygen atoms in total. The van der Waals surface area contributed by atoms with Gasteiger partial charge in [-0.25, -0.2) is 4.98 Å². The maximum absolute atomic E-state index is 13.3. The minimum atomic E-state index is -4.78. The summed E-state index contributed by atoms with van der Waals surface area (Å²) in [5.74, 6) is 0.642. The van der Waals surface area contributed by atoms with Crippen molar-refractivity contribution < 1.29 is 32.2 Å². The normalized spacial score (nSPS) is 16.3. The molecule has 0 unspecified atom stereocenters. The molecule has 2 amide bonds. The third-order valence-electron chi connectivity index (χ3n) is 9.11. The molecule has 2 N–H and O–H groups in total. The van der Waals surface area contributed by atoms with E-state index in [4.69, 9.17) is 4.74 Å². The molecular weight excluding hydrogens is 649 g/mol. The Balaban J connectivity index is 0.997. The number of amides is 2. The Hall–Kier alpha value is -5.17. The van der Waals surface area contributed by atoms with Gasteiger partial charge in [0, 0.05) is 66.7 Å². The molecule has 50 heavy (non-hydrogen) atoms. The summed E-state index contributed by atoms with van der Waals surface area (Å²) in [6.45, 7) is 6.34. The van der Waals surface area contributed by atoms with Gasteiger partial charge in [-0.3, -0.25) is 14.5 Å². The Morgan fingerprint density at radius 1 is 0.960 bits per heavy atom. The number of halogens is 3. The number of benzene rings is 3. The van der Waals surface area contributed by atoms with Crippen LogP contribution in [0.1, 0.15) is 46.3 Å². The molecule has 0 bridgehead atoms. The summed E-state index contributed by atoms with van der Waals surface area (Å²) in [5, 5.41) is 6.21. The summed E-state index contributed by atoms with van der Waals surface area (Å²) in [7, 11) is 0. The molecule has 3 heterocycles. The lowest BCUT2D eigenvalue weighted by Crippen LogP contribution is -2.48. The van der Waals surface area contributed by atoms with Crippen LogP contribution in [-0.4, -0.2) is 70.7 Å². The zero-order chi connectivity index (χ0) is 34.8. The number of anilines is 3. The van der Waals surface area contributed by atoms with Gasteiger partial charge >= 0.3 is 6.36 Å². The third kappa shape index (κ3) is 7.99. The van der Waals surface area contributed by atoms with Gasteiger partial charge in [-0.05, 0) is 98.3 Å². The van der Waals surface area contributed by atoms with Crippen molar-refractivity contribution in [3.63, 3.8) is 0 Å². The number of nitrogens with one attached hydrogen (secondary N) is 2. The van der Waals surface area contributed by atoms with Gasteiger partial charge in [-0.15, -0.1) is 13.2 Å². The van der Waals surface area contributed by atoms with E-state index in [-0.39, 0.29) is 23.5 Å². The van der Waals surface area contributed by atoms with E-state index in [1.165, 1.54) is 24.3 Å². The van der Waals surface area contributed by atoms with Crippen LogP contribution in [0.25, 0.3) is 11.3 Å². The number of ether oxygens (including phenoxy) is 2. The summed E-state index contributed by atoms with van der Waals surface area (Å²) in [5.41, 5.74) is 5.81. The molecule has 2 aliphatic heterocycles. The Kier molecular flexibility index (Phi) is 9.32. The number of fused-ring (bicyclic) bond motifs is 1. The molecule has 260 valence electrons. The Morgan fingerprint density at radius 3 is 2.40 bits per heavy atom. The molecule has 13 heteroatoms. The molecule has 3 aliphatic rings. The lowest BCUT2D eigenvalue weighted by molar-refractivity contribution is -0.274. The number of rotatable bonds is 9. The first-order valence-electron chi connectivity index (χ1n) is 16.8. The predicted molar refractivity (Wildman–Crippen MR) is 181 cm³/mol. The fraction of sp³-hybridized carbons (Fsp3) is 0.351. The maximum atomic E-state index is 13.3. The zero-order valence-corrected chi connectivity index (χ0v) is 27.6. The van der Waals surface area contributed by atoms with Crippen molar-refractivity contribution in [3.8, 4) is 22.9 Å². The van der Waals surface area contributed by atoms with Crippen LogP contribution in [0.5, 0.6) is 11.6 Å². The van der Waals surface area contributed by atoms with E-state index in [1.807, 2.05) is 24.0 Å². The van der Waals surface area contributed by atoms with Crippen molar-refractivity contribution in [2.24, 2.45) is 5.92 Å². The van der Waals surface area contributed by atoms with Gasteiger partial charge in [0.15, 0.2) is 0 Å². The molecule has 0 radical (unpaired) electrons. The van der Waals surface area contributed by atoms with Gasteiger partial charge in [0.1, 0.15) is 5.75 Å². The predicted octanol–water partition coefficient (Wildman–Crippen LogP) is 6.73. The van der Waals surface area contributed by atoms with Crippen molar-refractivity contribution in [1.29, 1.82) is 0 Å². The second-order valence-electron chi connectivity index (χ2n) is 12.9. The first kappa shape index (κ1) is 33.3. The molecule has 0 atom stereocenters. The monoisotopic (exact) mass is 686 g/mol. The summed E-state index contributed by atoms with van der Waals surface area (Å²) >= 11 is 0. The van der Waals surface area contributed by atoms with Crippen molar-refractivity contribution >= 4 is 29.1 Å². The first-order chi connectivity index (χ1) is 24.1. The SMILES string of the molecule is Cc1ccc(CN2CCN(C(=O)C3CC3)CC2)cc1NC(=O)c1ccc(Nc2nc3c(c(-c4ccc(OC(F)(F)F)cc4)n2)CCCO3)cc1. The molecule has 7 rings (SSSR count). The number of aromatic nitrogens is 2. The second-order valence-corrected chi connectivity index (χ2v) is 12.9. The largest absolute Gasteiger partial charge is 0.573 e. The van der Waals surface area contributed by atoms with Crippen LogP contribution in [0.4, 0.5) is 30.5 Å². The minimum absolute atomic E-state index is 0.246. The fourth-order valence-electron chi connectivity index (χ4n) is 6.24. The number of piperazine rings is 1. The number of alkyl halides is 3. The van der Waals surface area contributed by atoms with Crippen LogP contribution in [0.2, 0.25) is 0 Å². The Labute approximate surface area is 287 Å². The van der Waals surface area contributed by atoms with E-state index in [0.717, 1.165) is 74.4 Å². The van der Waals surface area contributed by atoms with Gasteiger partial charge in [0.25, 0.3) is 5.91 Å². The van der Waals surface area contributed by atoms with E-state index >= 15 is 0 Å². The molecule has 1 aliphatic carbocycles. The maximum Gasteiger partial charge on any atom is 0.573 e. The topological polar surface area (TPSA) is 109 Å². The molecule has 2 fully saturated rings. The van der Waals surface area contributed by atoms with Gasteiger partial charge in [0.2, 0.25) is 17.7 Å². The molecule has 0 spiro atoms. The van der Waals surface area contributed by atoms with E-state index in [0.29, 0.717) is 47.3 Å². The van der Waals surface area contributed by atoms with Crippen molar-refractivity contribution in [2.45, 2.75) is 45.5 Å². The Morgan fingerprint density at radius 2 is 1.70 bits per heavy atom. The number of carbonyl (C=O) groups excluding carboxylic acids is 2. The summed E-state index contributed by atoms with van der Waals surface area (Å²) < 4.78 is 47.8. The highest BCUT2D eigenvalue weighted by Gasteiger charge is 2.34. The number of nitrogens with zero attached hydrogens (tertiary/aromatic N) is 4. The summed E-state index contributed by atoms with van der Waals surface area (Å²) in [4.78, 5) is 39.2. The van der Waals surface area contributed by atoms with E-state index in [2.05, 4.69) is 36.3 Å². The quantitative estimate of drug-likeness (QED) is 0.200. The summed E-state index contributed by atoms with van der Waals surface area (Å²) in [6.07, 6.45) is -1.31. The first-order valence-corrected chi connectivity index (χ1v) is 16.8. The molecule has 1 saturated heterocycles. The van der Waals surface area contributed by atoms with Crippen LogP contribution < -0.4 is 20.1 Å². The van der Waals surface area contributed by atoms with Crippen LogP contribution >= 0.6 is 0 Å². The van der Waals surface area contributed by atoms with Crippen LogP contribution in [0.15, 0.2) is 66.7 Å². The third-order valence-corrected chi connectivity index (χ3v) is 9.11. The zero-order valence-electron chi connectivity index (χ0n) is 27.6. The Bertz CT molecular complexity index is 1870. The average Bonchev–Trinajstić information content (AvgIpc) is 3.95. The fourth-order valence-corrected chi connectivity index (χ4v) is 6.24. The smallest absolute Gasteiger partial charge is 0.477 e. The number of aryl methyl sites for hydroxylation is 1. The average molecular weight is 687 g/mol. The van der Waals surface area contributed by atoms with Gasteiger partial charge in [-0.2, -0.15) is 4.98 Å². The van der Waals surface area contributed by atoms with Crippen LogP contribution in [0, 0.1) is 12.8 Å². The van der Waals surface area contributed by atoms with E-state index in [1.54, 1.807) is 24.3 Å². The number of hydrogen-bond acceptors (Lipinski definition) is 8. The highest BCUT2D eigenvalue weighted by Crippen LogP contribution is 2.35. The lowest BCUT2D eigenvalue weighted by Gasteiger charge is -2.35. The highest BCUT2D eigenvalue weighted by atomic mass is 19.4. The molecule has 1 saturated carbocycles. The molecule has 4 aromatic rings. The lowest BCUT2D eigenvalue weighted by atomic mass is 10.0. The van der Waals surface area contributed by atoms with E-state index in [9.17, 15) is 22.8 Å². The second kappa shape index (κ2) is 14.0. The number of hydrogen-bond donors (Lipinski definition) is 2. The van der Waals surface area contributed by atoms with Gasteiger partial charge < -0.3 is 25.0 Å².